The van der Waals surface area contributed by atoms with E-state index < -0.39 is 23.0 Å². The summed E-state index contributed by atoms with van der Waals surface area (Å²) in [5.74, 6) is -0.694. The highest BCUT2D eigenvalue weighted by atomic mass is 32.2. The standard InChI is InChI=1S/C20H16N2O4S/c21-20-19(26-27(24)12-13-6-2-1-3-7-13)17(23)18(25-20)15-10-14-8-4-5-9-16(14)22-11-15/h1-11,18H,12,21H2. The van der Waals surface area contributed by atoms with Gasteiger partial charge in [0.15, 0.2) is 6.10 Å². The van der Waals surface area contributed by atoms with E-state index in [0.717, 1.165) is 16.5 Å². The maximum Gasteiger partial charge on any atom is 0.249 e. The number of nitrogens with two attached hydrogens (primary N) is 1. The highest BCUT2D eigenvalue weighted by Gasteiger charge is 2.38. The van der Waals surface area contributed by atoms with Crippen LogP contribution in [-0.4, -0.2) is 15.0 Å². The lowest BCUT2D eigenvalue weighted by atomic mass is 10.1. The number of rotatable bonds is 5. The Balaban J connectivity index is 1.51. The SMILES string of the molecule is NC1=C(OS(=O)Cc2ccccc2)C(=O)C(c2cnc3ccccc3c2)O1. The molecule has 2 unspecified atom stereocenters. The van der Waals surface area contributed by atoms with Crippen molar-refractivity contribution in [2.45, 2.75) is 11.9 Å². The first-order chi connectivity index (χ1) is 13.1. The molecule has 2 atom stereocenters. The molecule has 1 aliphatic heterocycles. The lowest BCUT2D eigenvalue weighted by Gasteiger charge is -2.10. The zero-order valence-corrected chi connectivity index (χ0v) is 15.0. The second-order valence-corrected chi connectivity index (χ2v) is 7.10. The van der Waals surface area contributed by atoms with Gasteiger partial charge in [0.1, 0.15) is 0 Å². The minimum absolute atomic E-state index is 0.146. The van der Waals surface area contributed by atoms with Crippen LogP contribution < -0.4 is 5.73 Å². The van der Waals surface area contributed by atoms with Crippen LogP contribution >= 0.6 is 0 Å². The zero-order valence-electron chi connectivity index (χ0n) is 14.2. The molecule has 0 radical (unpaired) electrons. The van der Waals surface area contributed by atoms with E-state index in [-0.39, 0.29) is 17.4 Å². The Morgan fingerprint density at radius 1 is 1.11 bits per heavy atom. The third-order valence-electron chi connectivity index (χ3n) is 4.15. The summed E-state index contributed by atoms with van der Waals surface area (Å²) in [7, 11) is 0. The molecule has 0 fully saturated rings. The molecular formula is C20H16N2O4S. The van der Waals surface area contributed by atoms with E-state index in [0.29, 0.717) is 5.56 Å². The van der Waals surface area contributed by atoms with Crippen LogP contribution in [0, 0.1) is 0 Å². The van der Waals surface area contributed by atoms with Gasteiger partial charge in [-0.3, -0.25) is 9.78 Å². The largest absolute Gasteiger partial charge is 0.460 e. The molecule has 6 nitrogen and oxygen atoms in total. The molecule has 2 aromatic carbocycles. The van der Waals surface area contributed by atoms with Crippen LogP contribution in [-0.2, 0) is 30.5 Å². The summed E-state index contributed by atoms with van der Waals surface area (Å²) in [6.45, 7) is 0. The van der Waals surface area contributed by atoms with E-state index in [4.69, 9.17) is 14.7 Å². The second-order valence-electron chi connectivity index (χ2n) is 6.03. The van der Waals surface area contributed by atoms with Crippen molar-refractivity contribution in [1.82, 2.24) is 4.98 Å². The van der Waals surface area contributed by atoms with Gasteiger partial charge in [-0.25, -0.2) is 4.21 Å². The number of ketones is 1. The molecule has 0 amide bonds. The van der Waals surface area contributed by atoms with Crippen molar-refractivity contribution in [2.24, 2.45) is 5.73 Å². The Bertz CT molecular complexity index is 1070. The maximum atomic E-state index is 12.7. The molecular weight excluding hydrogens is 364 g/mol. The minimum Gasteiger partial charge on any atom is -0.460 e. The van der Waals surface area contributed by atoms with Gasteiger partial charge in [0, 0.05) is 17.1 Å². The molecule has 1 aliphatic rings. The van der Waals surface area contributed by atoms with E-state index in [2.05, 4.69) is 4.98 Å². The molecule has 2 N–H and O–H groups in total. The fraction of sp³-hybridized carbons (Fsp3) is 0.100. The van der Waals surface area contributed by atoms with E-state index in [1.54, 1.807) is 6.20 Å². The average molecular weight is 380 g/mol. The van der Waals surface area contributed by atoms with Gasteiger partial charge in [-0.05, 0) is 17.7 Å². The third-order valence-corrected chi connectivity index (χ3v) is 5.07. The Kier molecular flexibility index (Phi) is 4.60. The molecule has 136 valence electrons. The quantitative estimate of drug-likeness (QED) is 0.732. The predicted octanol–water partition coefficient (Wildman–Crippen LogP) is 2.88. The number of Topliss-reactive ketones (excluding diaryl/α,β-unsaturated/α-hetero) is 1. The first-order valence-corrected chi connectivity index (χ1v) is 9.52. The number of ether oxygens (including phenoxy) is 1. The van der Waals surface area contributed by atoms with Gasteiger partial charge < -0.3 is 14.7 Å². The summed E-state index contributed by atoms with van der Waals surface area (Å²) < 4.78 is 23.0. The van der Waals surface area contributed by atoms with Crippen LogP contribution in [0.5, 0.6) is 0 Å². The summed E-state index contributed by atoms with van der Waals surface area (Å²) in [5, 5.41) is 0.881. The Labute approximate surface area is 158 Å². The number of hydrogen-bond acceptors (Lipinski definition) is 6. The van der Waals surface area contributed by atoms with Crippen LogP contribution in [0.25, 0.3) is 10.9 Å². The third kappa shape index (κ3) is 3.54. The number of pyridine rings is 1. The lowest BCUT2D eigenvalue weighted by molar-refractivity contribution is -0.123. The van der Waals surface area contributed by atoms with Crippen LogP contribution in [0.15, 0.2) is 78.5 Å². The van der Waals surface area contributed by atoms with Gasteiger partial charge in [-0.1, -0.05) is 48.5 Å². The van der Waals surface area contributed by atoms with Crippen molar-refractivity contribution < 1.29 is 17.9 Å². The topological polar surface area (TPSA) is 91.5 Å². The Morgan fingerprint density at radius 2 is 1.85 bits per heavy atom. The summed E-state index contributed by atoms with van der Waals surface area (Å²) in [4.78, 5) is 17.0. The monoisotopic (exact) mass is 380 g/mol. The summed E-state index contributed by atoms with van der Waals surface area (Å²) >= 11 is -1.75. The number of aromatic nitrogens is 1. The highest BCUT2D eigenvalue weighted by Crippen LogP contribution is 2.33. The molecule has 3 aromatic rings. The predicted molar refractivity (Wildman–Crippen MR) is 101 cm³/mol. The lowest BCUT2D eigenvalue weighted by Crippen LogP contribution is -2.13. The summed E-state index contributed by atoms with van der Waals surface area (Å²) in [5.41, 5.74) is 8.02. The highest BCUT2D eigenvalue weighted by molar-refractivity contribution is 7.79. The van der Waals surface area contributed by atoms with Gasteiger partial charge in [0.2, 0.25) is 28.5 Å². The fourth-order valence-electron chi connectivity index (χ4n) is 2.84. The molecule has 7 heteroatoms. The zero-order chi connectivity index (χ0) is 18.8. The number of para-hydroxylation sites is 1. The maximum absolute atomic E-state index is 12.7. The van der Waals surface area contributed by atoms with Crippen LogP contribution in [0.2, 0.25) is 0 Å². The van der Waals surface area contributed by atoms with Gasteiger partial charge in [0.05, 0.1) is 11.3 Å². The number of nitrogens with zero attached hydrogens (tertiary/aromatic N) is 1. The van der Waals surface area contributed by atoms with Gasteiger partial charge >= 0.3 is 0 Å². The molecule has 0 bridgehead atoms. The van der Waals surface area contributed by atoms with E-state index in [1.165, 1.54) is 0 Å². The molecule has 1 aromatic heterocycles. The summed E-state index contributed by atoms with van der Waals surface area (Å²) in [6.07, 6.45) is 0.619. The van der Waals surface area contributed by atoms with Crippen LogP contribution in [0.4, 0.5) is 0 Å². The fourth-order valence-corrected chi connectivity index (χ4v) is 3.71. The van der Waals surface area contributed by atoms with E-state index >= 15 is 0 Å². The minimum atomic E-state index is -1.75. The first kappa shape index (κ1) is 17.2. The number of carbonyl (C=O) groups excluding carboxylic acids is 1. The average Bonchev–Trinajstić information content (AvgIpc) is 2.96. The van der Waals surface area contributed by atoms with Crippen molar-refractivity contribution in [2.75, 3.05) is 0 Å². The normalized spacial score (nSPS) is 17.8. The van der Waals surface area contributed by atoms with Crippen molar-refractivity contribution in [3.63, 3.8) is 0 Å². The number of hydrogen-bond donors (Lipinski definition) is 1. The van der Waals surface area contributed by atoms with Crippen LogP contribution in [0.3, 0.4) is 0 Å². The van der Waals surface area contributed by atoms with Crippen molar-refractivity contribution in [1.29, 1.82) is 0 Å². The Hall–Kier alpha value is -3.19. The van der Waals surface area contributed by atoms with Crippen LogP contribution in [0.1, 0.15) is 17.2 Å². The smallest absolute Gasteiger partial charge is 0.249 e. The molecule has 0 saturated heterocycles. The van der Waals surface area contributed by atoms with E-state index in [9.17, 15) is 9.00 Å². The summed E-state index contributed by atoms with van der Waals surface area (Å²) in [6, 6.07) is 18.6. The van der Waals surface area contributed by atoms with Gasteiger partial charge in [-0.15, -0.1) is 0 Å². The second kappa shape index (κ2) is 7.20. The first-order valence-electron chi connectivity index (χ1n) is 8.28. The molecule has 0 saturated carbocycles. The number of benzene rings is 2. The van der Waals surface area contributed by atoms with Crippen molar-refractivity contribution in [3.8, 4) is 0 Å². The van der Waals surface area contributed by atoms with Gasteiger partial charge in [-0.2, -0.15) is 0 Å². The molecule has 4 rings (SSSR count). The molecule has 2 heterocycles. The van der Waals surface area contributed by atoms with E-state index in [1.807, 2.05) is 60.7 Å². The van der Waals surface area contributed by atoms with Gasteiger partial charge in [0.25, 0.3) is 0 Å². The van der Waals surface area contributed by atoms with Crippen molar-refractivity contribution in [3.05, 3.63) is 89.6 Å². The molecule has 0 spiro atoms. The Morgan fingerprint density at radius 3 is 2.67 bits per heavy atom. The number of carbonyl (C=O) groups is 1. The molecule has 27 heavy (non-hydrogen) atoms. The van der Waals surface area contributed by atoms with Crippen molar-refractivity contribution >= 4 is 27.8 Å². The number of fused-ring (bicyclic) bond motifs is 1. The molecule has 0 aliphatic carbocycles.